The Hall–Kier alpha value is -2.95. The van der Waals surface area contributed by atoms with Gasteiger partial charge in [-0.2, -0.15) is 5.26 Å². The molecule has 0 unspecified atom stereocenters. The number of rotatable bonds is 7. The van der Waals surface area contributed by atoms with Crippen LogP contribution in [0.3, 0.4) is 0 Å². The van der Waals surface area contributed by atoms with Crippen LogP contribution >= 0.6 is 0 Å². The lowest BCUT2D eigenvalue weighted by atomic mass is 10.0. The van der Waals surface area contributed by atoms with Crippen molar-refractivity contribution in [2.75, 3.05) is 39.4 Å². The maximum Gasteiger partial charge on any atom is 0.271 e. The van der Waals surface area contributed by atoms with Crippen molar-refractivity contribution in [1.82, 2.24) is 9.47 Å². The molecule has 7 heteroatoms. The van der Waals surface area contributed by atoms with Crippen molar-refractivity contribution in [3.8, 4) is 11.9 Å². The summed E-state index contributed by atoms with van der Waals surface area (Å²) in [7, 11) is 0. The van der Waals surface area contributed by atoms with E-state index in [1.54, 1.807) is 6.21 Å². The molecule has 0 bridgehead atoms. The van der Waals surface area contributed by atoms with Crippen LogP contribution in [0.15, 0.2) is 40.1 Å². The number of morpholine rings is 1. The van der Waals surface area contributed by atoms with E-state index in [1.165, 1.54) is 4.57 Å². The summed E-state index contributed by atoms with van der Waals surface area (Å²) in [5.74, 6) is -0.148. The van der Waals surface area contributed by atoms with Crippen molar-refractivity contribution in [2.24, 2.45) is 4.99 Å². The van der Waals surface area contributed by atoms with Gasteiger partial charge >= 0.3 is 0 Å². The number of nitrogens with zero attached hydrogens (tertiary/aromatic N) is 4. The lowest BCUT2D eigenvalue weighted by Gasteiger charge is -2.25. The summed E-state index contributed by atoms with van der Waals surface area (Å²) >= 11 is 0. The molecule has 0 amide bonds. The van der Waals surface area contributed by atoms with Crippen LogP contribution in [0.1, 0.15) is 29.2 Å². The number of aliphatic imine (C=N–C) groups is 1. The average Bonchev–Trinajstić information content (AvgIpc) is 2.76. The van der Waals surface area contributed by atoms with Crippen LogP contribution in [0.25, 0.3) is 0 Å². The number of pyridine rings is 1. The van der Waals surface area contributed by atoms with E-state index in [1.807, 2.05) is 43.3 Å². The van der Waals surface area contributed by atoms with E-state index >= 15 is 0 Å². The van der Waals surface area contributed by atoms with E-state index in [9.17, 15) is 15.2 Å². The predicted octanol–water partition coefficient (Wildman–Crippen LogP) is 1.79. The van der Waals surface area contributed by atoms with Crippen molar-refractivity contribution >= 4 is 6.21 Å². The van der Waals surface area contributed by atoms with Gasteiger partial charge in [0, 0.05) is 25.8 Å². The molecule has 1 N–H and O–H groups in total. The number of hydrogen-bond acceptors (Lipinski definition) is 6. The van der Waals surface area contributed by atoms with Gasteiger partial charge in [0.05, 0.1) is 31.9 Å². The highest BCUT2D eigenvalue weighted by atomic mass is 16.5. The molecule has 29 heavy (non-hydrogen) atoms. The number of nitriles is 1. The zero-order valence-corrected chi connectivity index (χ0v) is 16.7. The Morgan fingerprint density at radius 2 is 2.00 bits per heavy atom. The van der Waals surface area contributed by atoms with Gasteiger partial charge in [0.15, 0.2) is 0 Å². The highest BCUT2D eigenvalue weighted by molar-refractivity contribution is 5.85. The lowest BCUT2D eigenvalue weighted by molar-refractivity contribution is 0.0395. The third-order valence-corrected chi connectivity index (χ3v) is 5.10. The number of ether oxygens (including phenoxy) is 1. The van der Waals surface area contributed by atoms with E-state index in [-0.39, 0.29) is 18.0 Å². The molecular formula is C22H26N4O3. The van der Waals surface area contributed by atoms with Gasteiger partial charge < -0.3 is 9.84 Å². The Labute approximate surface area is 170 Å². The fourth-order valence-corrected chi connectivity index (χ4v) is 3.49. The van der Waals surface area contributed by atoms with Gasteiger partial charge in [0.25, 0.3) is 5.56 Å². The predicted molar refractivity (Wildman–Crippen MR) is 112 cm³/mol. The van der Waals surface area contributed by atoms with Crippen molar-refractivity contribution in [1.29, 1.82) is 5.26 Å². The standard InChI is InChI=1S/C22H26N4O3/c1-2-18-19(14-23)21(27)26(16-17-6-4-3-5-7-17)22(28)20(18)15-24-8-9-25-10-12-29-13-11-25/h3-7,15,28H,2,8-13,16H2,1H3. The van der Waals surface area contributed by atoms with E-state index in [4.69, 9.17) is 4.74 Å². The summed E-state index contributed by atoms with van der Waals surface area (Å²) in [6.45, 7) is 6.68. The molecular weight excluding hydrogens is 368 g/mol. The van der Waals surface area contributed by atoms with Crippen molar-refractivity contribution in [3.63, 3.8) is 0 Å². The lowest BCUT2D eigenvalue weighted by Crippen LogP contribution is -2.37. The zero-order valence-electron chi connectivity index (χ0n) is 16.7. The van der Waals surface area contributed by atoms with Crippen molar-refractivity contribution < 1.29 is 9.84 Å². The smallest absolute Gasteiger partial charge is 0.271 e. The van der Waals surface area contributed by atoms with E-state index in [0.717, 1.165) is 38.4 Å². The first-order valence-corrected chi connectivity index (χ1v) is 9.88. The minimum absolute atomic E-state index is 0.0656. The minimum atomic E-state index is -0.476. The molecule has 1 aliphatic rings. The Morgan fingerprint density at radius 3 is 2.66 bits per heavy atom. The Kier molecular flexibility index (Phi) is 7.17. The first kappa shape index (κ1) is 20.8. The van der Waals surface area contributed by atoms with E-state index < -0.39 is 5.56 Å². The molecule has 7 nitrogen and oxygen atoms in total. The Balaban J connectivity index is 1.90. The van der Waals surface area contributed by atoms with Crippen LogP contribution in [-0.2, 0) is 17.7 Å². The van der Waals surface area contributed by atoms with E-state index in [0.29, 0.717) is 24.1 Å². The molecule has 1 aliphatic heterocycles. The summed E-state index contributed by atoms with van der Waals surface area (Å²) in [5.41, 5.74) is 1.44. The van der Waals surface area contributed by atoms with Crippen LogP contribution in [-0.4, -0.2) is 60.2 Å². The second-order valence-corrected chi connectivity index (χ2v) is 6.92. The first-order chi connectivity index (χ1) is 14.2. The first-order valence-electron chi connectivity index (χ1n) is 9.88. The zero-order chi connectivity index (χ0) is 20.6. The monoisotopic (exact) mass is 394 g/mol. The fourth-order valence-electron chi connectivity index (χ4n) is 3.49. The average molecular weight is 394 g/mol. The molecule has 2 aromatic rings. The van der Waals surface area contributed by atoms with Gasteiger partial charge in [0.1, 0.15) is 11.6 Å². The van der Waals surface area contributed by atoms with Gasteiger partial charge in [-0.3, -0.25) is 19.3 Å². The summed E-state index contributed by atoms with van der Waals surface area (Å²) in [6, 6.07) is 11.4. The quantitative estimate of drug-likeness (QED) is 0.723. The van der Waals surface area contributed by atoms with Crippen LogP contribution in [0.2, 0.25) is 0 Å². The Morgan fingerprint density at radius 1 is 1.28 bits per heavy atom. The molecule has 0 aliphatic carbocycles. The molecule has 0 radical (unpaired) electrons. The van der Waals surface area contributed by atoms with Crippen molar-refractivity contribution in [3.05, 3.63) is 62.9 Å². The van der Waals surface area contributed by atoms with E-state index in [2.05, 4.69) is 9.89 Å². The van der Waals surface area contributed by atoms with Crippen LogP contribution in [0, 0.1) is 11.3 Å². The van der Waals surface area contributed by atoms with Crippen LogP contribution in [0.5, 0.6) is 5.88 Å². The van der Waals surface area contributed by atoms with Gasteiger partial charge in [-0.05, 0) is 17.5 Å². The van der Waals surface area contributed by atoms with Crippen LogP contribution in [0.4, 0.5) is 0 Å². The molecule has 0 spiro atoms. The molecule has 1 aromatic carbocycles. The van der Waals surface area contributed by atoms with Crippen molar-refractivity contribution in [2.45, 2.75) is 19.9 Å². The summed E-state index contributed by atoms with van der Waals surface area (Å²) in [6.07, 6.45) is 2.05. The third-order valence-electron chi connectivity index (χ3n) is 5.10. The normalized spacial score (nSPS) is 14.9. The van der Waals surface area contributed by atoms with Crippen LogP contribution < -0.4 is 5.56 Å². The molecule has 1 fully saturated rings. The van der Waals surface area contributed by atoms with Gasteiger partial charge in [0.2, 0.25) is 5.88 Å². The fraction of sp³-hybridized carbons (Fsp3) is 0.409. The summed E-state index contributed by atoms with van der Waals surface area (Å²) in [5, 5.41) is 20.4. The molecule has 1 aromatic heterocycles. The Bertz CT molecular complexity index is 955. The molecule has 3 rings (SSSR count). The van der Waals surface area contributed by atoms with Gasteiger partial charge in [-0.15, -0.1) is 0 Å². The second kappa shape index (κ2) is 10.0. The molecule has 0 saturated carbocycles. The number of hydrogen-bond donors (Lipinski definition) is 1. The number of aromatic hydroxyl groups is 1. The third kappa shape index (κ3) is 4.91. The molecule has 1 saturated heterocycles. The van der Waals surface area contributed by atoms with Gasteiger partial charge in [-0.25, -0.2) is 0 Å². The highest BCUT2D eigenvalue weighted by Crippen LogP contribution is 2.22. The number of benzene rings is 1. The molecule has 2 heterocycles. The minimum Gasteiger partial charge on any atom is -0.494 e. The van der Waals surface area contributed by atoms with Gasteiger partial charge in [-0.1, -0.05) is 37.3 Å². The second-order valence-electron chi connectivity index (χ2n) is 6.92. The SMILES string of the molecule is CCc1c(C=NCCN2CCOCC2)c(O)n(Cc2ccccc2)c(=O)c1C#N. The molecule has 0 atom stereocenters. The summed E-state index contributed by atoms with van der Waals surface area (Å²) in [4.78, 5) is 19.6. The maximum atomic E-state index is 12.8. The number of aromatic nitrogens is 1. The highest BCUT2D eigenvalue weighted by Gasteiger charge is 2.19. The topological polar surface area (TPSA) is 90.8 Å². The maximum absolute atomic E-state index is 12.8. The molecule has 152 valence electrons. The largest absolute Gasteiger partial charge is 0.494 e. The summed E-state index contributed by atoms with van der Waals surface area (Å²) < 4.78 is 6.59.